The summed E-state index contributed by atoms with van der Waals surface area (Å²) in [6.45, 7) is 3.67. The number of hydrogen-bond donors (Lipinski definition) is 1. The lowest BCUT2D eigenvalue weighted by atomic mass is 10.1. The van der Waals surface area contributed by atoms with E-state index in [-0.39, 0.29) is 18.3 Å². The Morgan fingerprint density at radius 3 is 2.70 bits per heavy atom. The van der Waals surface area contributed by atoms with Gasteiger partial charge in [-0.15, -0.1) is 0 Å². The number of fused-ring (bicyclic) bond motifs is 1. The lowest BCUT2D eigenvalue weighted by molar-refractivity contribution is -0.194. The summed E-state index contributed by atoms with van der Waals surface area (Å²) in [6, 6.07) is 1.29. The lowest BCUT2D eigenvalue weighted by Gasteiger charge is -2.24. The number of aromatic nitrogens is 2. The molecule has 0 bridgehead atoms. The minimum absolute atomic E-state index is 0.147. The average molecular weight is 394 g/mol. The molecule has 7 nitrogen and oxygen atoms in total. The summed E-state index contributed by atoms with van der Waals surface area (Å²) in [5, 5.41) is 0. The predicted octanol–water partition coefficient (Wildman–Crippen LogP) is 0.389. The number of nitrogens with one attached hydrogen (secondary N) is 1. The normalized spacial score (nSPS) is 35.1. The van der Waals surface area contributed by atoms with Crippen molar-refractivity contribution < 1.29 is 14.2 Å². The molecular formula is C12H15IN2O5. The SMILES string of the molecule is CC1(C)OC2C(O1)[C@@H](CI)O[C@H]2n1ccc(=O)[nH]c1=O. The highest BCUT2D eigenvalue weighted by molar-refractivity contribution is 14.1. The first-order chi connectivity index (χ1) is 9.41. The first-order valence-electron chi connectivity index (χ1n) is 6.30. The lowest BCUT2D eigenvalue weighted by Crippen LogP contribution is -2.37. The van der Waals surface area contributed by atoms with Gasteiger partial charge in [-0.2, -0.15) is 0 Å². The molecule has 1 aromatic heterocycles. The largest absolute Gasteiger partial charge is 0.348 e. The molecule has 20 heavy (non-hydrogen) atoms. The van der Waals surface area contributed by atoms with Crippen molar-refractivity contribution in [2.24, 2.45) is 0 Å². The quantitative estimate of drug-likeness (QED) is 0.580. The molecule has 0 radical (unpaired) electrons. The van der Waals surface area contributed by atoms with Gasteiger partial charge in [0, 0.05) is 16.7 Å². The van der Waals surface area contributed by atoms with Gasteiger partial charge in [0.2, 0.25) is 0 Å². The summed E-state index contributed by atoms with van der Waals surface area (Å²) in [7, 11) is 0. The van der Waals surface area contributed by atoms with Gasteiger partial charge in [0.15, 0.2) is 12.0 Å². The maximum Gasteiger partial charge on any atom is 0.330 e. The first-order valence-corrected chi connectivity index (χ1v) is 7.82. The van der Waals surface area contributed by atoms with Gasteiger partial charge in [0.05, 0.1) is 6.10 Å². The van der Waals surface area contributed by atoms with Crippen molar-refractivity contribution in [2.45, 2.75) is 44.2 Å². The minimum Gasteiger partial charge on any atom is -0.348 e. The van der Waals surface area contributed by atoms with Gasteiger partial charge in [0.1, 0.15) is 12.2 Å². The van der Waals surface area contributed by atoms with E-state index in [1.165, 1.54) is 16.8 Å². The van der Waals surface area contributed by atoms with Crippen LogP contribution >= 0.6 is 22.6 Å². The molecule has 2 saturated heterocycles. The molecule has 1 aromatic rings. The summed E-state index contributed by atoms with van der Waals surface area (Å²) in [5.41, 5.74) is -0.946. The van der Waals surface area contributed by atoms with Crippen LogP contribution in [0.15, 0.2) is 21.9 Å². The number of aromatic amines is 1. The zero-order valence-corrected chi connectivity index (χ0v) is 13.2. The molecule has 4 atom stereocenters. The van der Waals surface area contributed by atoms with Crippen LogP contribution in [0.5, 0.6) is 0 Å². The van der Waals surface area contributed by atoms with Crippen molar-refractivity contribution in [2.75, 3.05) is 4.43 Å². The van der Waals surface area contributed by atoms with Crippen LogP contribution in [0.2, 0.25) is 0 Å². The Morgan fingerprint density at radius 1 is 1.35 bits per heavy atom. The number of ether oxygens (including phenoxy) is 3. The molecule has 0 amide bonds. The van der Waals surface area contributed by atoms with Crippen molar-refractivity contribution in [1.82, 2.24) is 9.55 Å². The fourth-order valence-electron chi connectivity index (χ4n) is 2.63. The first kappa shape index (κ1) is 14.2. The molecular weight excluding hydrogens is 379 g/mol. The van der Waals surface area contributed by atoms with Crippen LogP contribution in [-0.4, -0.2) is 38.1 Å². The van der Waals surface area contributed by atoms with Crippen LogP contribution in [0.4, 0.5) is 0 Å². The molecule has 0 aliphatic carbocycles. The van der Waals surface area contributed by atoms with Crippen molar-refractivity contribution >= 4 is 22.6 Å². The van der Waals surface area contributed by atoms with Gasteiger partial charge in [0.25, 0.3) is 5.56 Å². The topological polar surface area (TPSA) is 82.6 Å². The highest BCUT2D eigenvalue weighted by atomic mass is 127. The van der Waals surface area contributed by atoms with E-state index < -0.39 is 23.3 Å². The molecule has 0 spiro atoms. The summed E-state index contributed by atoms with van der Waals surface area (Å²) >= 11 is 2.22. The predicted molar refractivity (Wildman–Crippen MR) is 77.9 cm³/mol. The van der Waals surface area contributed by atoms with E-state index in [0.29, 0.717) is 0 Å². The zero-order valence-electron chi connectivity index (χ0n) is 11.0. The van der Waals surface area contributed by atoms with E-state index in [0.717, 1.165) is 4.43 Å². The number of rotatable bonds is 2. The number of halogens is 1. The van der Waals surface area contributed by atoms with Crippen LogP contribution in [0.25, 0.3) is 0 Å². The fourth-order valence-corrected chi connectivity index (χ4v) is 3.34. The smallest absolute Gasteiger partial charge is 0.330 e. The third-order valence-electron chi connectivity index (χ3n) is 3.40. The monoisotopic (exact) mass is 394 g/mol. The molecule has 3 rings (SSSR count). The third kappa shape index (κ3) is 2.34. The van der Waals surface area contributed by atoms with Crippen molar-refractivity contribution in [1.29, 1.82) is 0 Å². The number of H-pyrrole nitrogens is 1. The van der Waals surface area contributed by atoms with Gasteiger partial charge in [-0.1, -0.05) is 22.6 Å². The summed E-state index contributed by atoms with van der Waals surface area (Å²) < 4.78 is 19.6. The Hall–Kier alpha value is -0.710. The van der Waals surface area contributed by atoms with Gasteiger partial charge in [-0.25, -0.2) is 4.79 Å². The maximum absolute atomic E-state index is 11.9. The minimum atomic E-state index is -0.701. The Labute approximate surface area is 128 Å². The second-order valence-electron chi connectivity index (χ2n) is 5.30. The van der Waals surface area contributed by atoms with E-state index in [1.807, 2.05) is 13.8 Å². The molecule has 8 heteroatoms. The van der Waals surface area contributed by atoms with Gasteiger partial charge in [-0.05, 0) is 13.8 Å². The van der Waals surface area contributed by atoms with Gasteiger partial charge < -0.3 is 14.2 Å². The Balaban J connectivity index is 1.98. The Bertz CT molecular complexity index is 625. The number of hydrogen-bond acceptors (Lipinski definition) is 5. The molecule has 110 valence electrons. The fraction of sp³-hybridized carbons (Fsp3) is 0.667. The van der Waals surface area contributed by atoms with Crippen LogP contribution < -0.4 is 11.2 Å². The number of alkyl halides is 1. The van der Waals surface area contributed by atoms with Crippen LogP contribution in [-0.2, 0) is 14.2 Å². The van der Waals surface area contributed by atoms with E-state index in [2.05, 4.69) is 27.6 Å². The Kier molecular flexibility index (Phi) is 3.51. The summed E-state index contributed by atoms with van der Waals surface area (Å²) in [4.78, 5) is 25.3. The van der Waals surface area contributed by atoms with Crippen molar-refractivity contribution in [3.8, 4) is 0 Å². The van der Waals surface area contributed by atoms with Gasteiger partial charge in [-0.3, -0.25) is 14.3 Å². The summed E-state index contributed by atoms with van der Waals surface area (Å²) in [5.74, 6) is -0.701. The maximum atomic E-state index is 11.9. The van der Waals surface area contributed by atoms with E-state index in [4.69, 9.17) is 14.2 Å². The molecule has 2 unspecified atom stereocenters. The highest BCUT2D eigenvalue weighted by Crippen LogP contribution is 2.42. The second kappa shape index (κ2) is 4.93. The van der Waals surface area contributed by atoms with Crippen LogP contribution in [0, 0.1) is 0 Å². The molecule has 1 N–H and O–H groups in total. The molecule has 3 heterocycles. The third-order valence-corrected chi connectivity index (χ3v) is 4.27. The van der Waals surface area contributed by atoms with Crippen LogP contribution in [0.3, 0.4) is 0 Å². The average Bonchev–Trinajstić information content (AvgIpc) is 2.83. The second-order valence-corrected chi connectivity index (χ2v) is 6.18. The van der Waals surface area contributed by atoms with E-state index >= 15 is 0 Å². The van der Waals surface area contributed by atoms with E-state index in [9.17, 15) is 9.59 Å². The van der Waals surface area contributed by atoms with Crippen LogP contribution in [0.1, 0.15) is 20.1 Å². The standard InChI is InChI=1S/C12H15IN2O5/c1-12(2)19-8-6(5-13)18-10(9(8)20-12)15-4-3-7(16)14-11(15)17/h3-4,6,8-10H,5H2,1-2H3,(H,14,16,17)/t6-,8?,9?,10-/m1/s1. The molecule has 0 aromatic carbocycles. The van der Waals surface area contributed by atoms with Crippen molar-refractivity contribution in [3.05, 3.63) is 33.1 Å². The zero-order chi connectivity index (χ0) is 14.5. The van der Waals surface area contributed by atoms with Gasteiger partial charge >= 0.3 is 5.69 Å². The van der Waals surface area contributed by atoms with E-state index in [1.54, 1.807) is 0 Å². The highest BCUT2D eigenvalue weighted by Gasteiger charge is 2.55. The molecule has 2 fully saturated rings. The Morgan fingerprint density at radius 2 is 2.05 bits per heavy atom. The van der Waals surface area contributed by atoms with Crippen molar-refractivity contribution in [3.63, 3.8) is 0 Å². The molecule has 2 aliphatic rings. The molecule has 2 aliphatic heterocycles. The number of nitrogens with zero attached hydrogens (tertiary/aromatic N) is 1. The molecule has 0 saturated carbocycles. The summed E-state index contributed by atoms with van der Waals surface area (Å²) in [6.07, 6.45) is 0.101.